The van der Waals surface area contributed by atoms with Crippen LogP contribution in [0.5, 0.6) is 0 Å². The molecule has 0 saturated carbocycles. The fourth-order valence-electron chi connectivity index (χ4n) is 2.04. The van der Waals surface area contributed by atoms with Crippen molar-refractivity contribution in [2.75, 3.05) is 25.2 Å². The number of nitrogens with zero attached hydrogens (tertiary/aromatic N) is 1. The summed E-state index contributed by atoms with van der Waals surface area (Å²) in [5, 5.41) is 0. The Balaban J connectivity index is 2.26. The van der Waals surface area contributed by atoms with E-state index in [1.165, 1.54) is 25.3 Å². The molecule has 1 aliphatic rings. The highest BCUT2D eigenvalue weighted by Gasteiger charge is 2.23. The second-order valence-corrected chi connectivity index (χ2v) is 5.61. The number of likely N-dealkylation sites (tertiary alicyclic amines) is 1. The minimum absolute atomic E-state index is 0.143. The quantitative estimate of drug-likeness (QED) is 0.744. The summed E-state index contributed by atoms with van der Waals surface area (Å²) in [5.74, 6) is 0.515. The molecule has 1 saturated heterocycles. The number of ether oxygens (including phenoxy) is 1. The van der Waals surface area contributed by atoms with Crippen molar-refractivity contribution < 1.29 is 14.3 Å². The van der Waals surface area contributed by atoms with Crippen LogP contribution in [0.1, 0.15) is 26.2 Å². The topological polar surface area (TPSA) is 72.6 Å². The average Bonchev–Trinajstić information content (AvgIpc) is 2.37. The number of hydrogen-bond acceptors (Lipinski definition) is 5. The molecular formula is C12H22N2O3S. The third-order valence-electron chi connectivity index (χ3n) is 3.15. The summed E-state index contributed by atoms with van der Waals surface area (Å²) in [4.78, 5) is 25.0. The van der Waals surface area contributed by atoms with E-state index in [1.807, 2.05) is 4.90 Å². The van der Waals surface area contributed by atoms with Crippen molar-refractivity contribution in [3.05, 3.63) is 0 Å². The second kappa shape index (κ2) is 7.63. The maximum atomic E-state index is 12.0. The molecule has 1 fully saturated rings. The van der Waals surface area contributed by atoms with Gasteiger partial charge >= 0.3 is 5.97 Å². The van der Waals surface area contributed by atoms with Crippen LogP contribution < -0.4 is 5.73 Å². The largest absolute Gasteiger partial charge is 0.468 e. The Hall–Kier alpha value is -0.750. The van der Waals surface area contributed by atoms with Crippen LogP contribution in [-0.4, -0.2) is 54.0 Å². The molecule has 0 spiro atoms. The number of nitrogens with two attached hydrogens (primary N) is 1. The molecule has 0 aliphatic carbocycles. The van der Waals surface area contributed by atoms with Gasteiger partial charge in [-0.1, -0.05) is 0 Å². The molecule has 0 aromatic carbocycles. The van der Waals surface area contributed by atoms with Gasteiger partial charge in [0.1, 0.15) is 6.04 Å². The molecule has 1 heterocycles. The zero-order valence-electron chi connectivity index (χ0n) is 11.1. The van der Waals surface area contributed by atoms with E-state index in [0.717, 1.165) is 19.4 Å². The summed E-state index contributed by atoms with van der Waals surface area (Å²) in [7, 11) is 1.31. The van der Waals surface area contributed by atoms with Crippen molar-refractivity contribution >= 4 is 23.6 Å². The molecule has 1 aliphatic heterocycles. The molecule has 104 valence electrons. The van der Waals surface area contributed by atoms with Crippen molar-refractivity contribution in [1.82, 2.24) is 4.90 Å². The summed E-state index contributed by atoms with van der Waals surface area (Å²) < 4.78 is 4.53. The first-order chi connectivity index (χ1) is 8.56. The lowest BCUT2D eigenvalue weighted by Gasteiger charge is -2.33. The normalized spacial score (nSPS) is 21.5. The summed E-state index contributed by atoms with van der Waals surface area (Å²) in [5.41, 5.74) is 5.60. The lowest BCUT2D eigenvalue weighted by atomic mass is 10.0. The lowest BCUT2D eigenvalue weighted by molar-refractivity contribution is -0.141. The van der Waals surface area contributed by atoms with Gasteiger partial charge in [-0.2, -0.15) is 0 Å². The molecule has 0 aromatic rings. The number of rotatable bonds is 5. The zero-order valence-corrected chi connectivity index (χ0v) is 11.9. The molecule has 0 aromatic heterocycles. The molecule has 2 unspecified atom stereocenters. The van der Waals surface area contributed by atoms with Gasteiger partial charge in [0, 0.05) is 18.3 Å². The number of piperidine rings is 1. The van der Waals surface area contributed by atoms with E-state index in [4.69, 9.17) is 5.73 Å². The number of carbonyl (C=O) groups excluding carboxylic acids is 2. The fraction of sp³-hybridized carbons (Fsp3) is 0.833. The average molecular weight is 274 g/mol. The van der Waals surface area contributed by atoms with Gasteiger partial charge in [0.2, 0.25) is 5.91 Å². The Labute approximate surface area is 112 Å². The van der Waals surface area contributed by atoms with Crippen LogP contribution in [0.3, 0.4) is 0 Å². The van der Waals surface area contributed by atoms with Crippen molar-refractivity contribution in [2.45, 2.75) is 38.3 Å². The summed E-state index contributed by atoms with van der Waals surface area (Å²) in [6.45, 7) is 2.94. The van der Waals surface area contributed by atoms with E-state index in [2.05, 4.69) is 11.7 Å². The van der Waals surface area contributed by atoms with Crippen molar-refractivity contribution in [2.24, 2.45) is 5.73 Å². The maximum Gasteiger partial charge on any atom is 0.323 e. The minimum Gasteiger partial charge on any atom is -0.468 e. The molecular weight excluding hydrogens is 252 g/mol. The smallest absolute Gasteiger partial charge is 0.323 e. The third kappa shape index (κ3) is 4.49. The highest BCUT2D eigenvalue weighted by atomic mass is 32.2. The fourth-order valence-corrected chi connectivity index (χ4v) is 2.89. The third-order valence-corrected chi connectivity index (χ3v) is 4.20. The highest BCUT2D eigenvalue weighted by molar-refractivity contribution is 8.00. The van der Waals surface area contributed by atoms with Crippen LogP contribution in [0.15, 0.2) is 0 Å². The van der Waals surface area contributed by atoms with E-state index in [1.54, 1.807) is 0 Å². The van der Waals surface area contributed by atoms with Gasteiger partial charge in [-0.15, -0.1) is 11.8 Å². The van der Waals surface area contributed by atoms with Crippen LogP contribution in [0.25, 0.3) is 0 Å². The summed E-state index contributed by atoms with van der Waals surface area (Å²) in [6.07, 6.45) is 3.37. The molecule has 1 amide bonds. The lowest BCUT2D eigenvalue weighted by Crippen LogP contribution is -2.43. The molecule has 18 heavy (non-hydrogen) atoms. The first kappa shape index (κ1) is 15.3. The van der Waals surface area contributed by atoms with E-state index in [-0.39, 0.29) is 5.91 Å². The van der Waals surface area contributed by atoms with Gasteiger partial charge in [0.15, 0.2) is 0 Å². The second-order valence-electron chi connectivity index (χ2n) is 4.58. The molecule has 0 radical (unpaired) electrons. The summed E-state index contributed by atoms with van der Waals surface area (Å²) >= 11 is 1.39. The van der Waals surface area contributed by atoms with E-state index in [9.17, 15) is 9.59 Å². The Morgan fingerprint density at radius 2 is 2.22 bits per heavy atom. The number of thioether (sulfide) groups is 1. The number of hydrogen-bond donors (Lipinski definition) is 1. The van der Waals surface area contributed by atoms with Crippen molar-refractivity contribution in [3.63, 3.8) is 0 Å². The van der Waals surface area contributed by atoms with Gasteiger partial charge in [0.25, 0.3) is 0 Å². The maximum absolute atomic E-state index is 12.0. The van der Waals surface area contributed by atoms with Gasteiger partial charge in [-0.05, 0) is 26.2 Å². The van der Waals surface area contributed by atoms with Crippen LogP contribution in [-0.2, 0) is 14.3 Å². The van der Waals surface area contributed by atoms with Gasteiger partial charge in [-0.25, -0.2) is 0 Å². The Morgan fingerprint density at radius 3 is 2.83 bits per heavy atom. The van der Waals surface area contributed by atoms with E-state index >= 15 is 0 Å². The van der Waals surface area contributed by atoms with E-state index in [0.29, 0.717) is 17.5 Å². The molecule has 1 rings (SSSR count). The van der Waals surface area contributed by atoms with Crippen LogP contribution in [0.4, 0.5) is 0 Å². The van der Waals surface area contributed by atoms with Crippen LogP contribution in [0, 0.1) is 0 Å². The summed E-state index contributed by atoms with van der Waals surface area (Å²) in [6, 6.07) is -0.312. The van der Waals surface area contributed by atoms with Gasteiger partial charge < -0.3 is 15.4 Å². The van der Waals surface area contributed by atoms with Crippen molar-refractivity contribution in [1.29, 1.82) is 0 Å². The molecule has 2 atom stereocenters. The van der Waals surface area contributed by atoms with Crippen molar-refractivity contribution in [3.8, 4) is 0 Å². The Kier molecular flexibility index (Phi) is 6.49. The number of esters is 1. The van der Waals surface area contributed by atoms with Crippen LogP contribution >= 0.6 is 11.8 Å². The number of amides is 1. The van der Waals surface area contributed by atoms with Crippen LogP contribution in [0.2, 0.25) is 0 Å². The molecule has 6 heteroatoms. The predicted octanol–water partition coefficient (Wildman–Crippen LogP) is 0.621. The minimum atomic E-state index is -0.647. The first-order valence-electron chi connectivity index (χ1n) is 6.27. The SMILES string of the molecule is COC(=O)C(N)CSCC(=O)N1CCCCC1C. The monoisotopic (exact) mass is 274 g/mol. The number of methoxy groups -OCH3 is 1. The number of carbonyl (C=O) groups is 2. The first-order valence-corrected chi connectivity index (χ1v) is 7.42. The van der Waals surface area contributed by atoms with Gasteiger partial charge in [0.05, 0.1) is 12.9 Å². The standard InChI is InChI=1S/C12H22N2O3S/c1-9-5-3-4-6-14(9)11(15)8-18-7-10(13)12(16)17-2/h9-10H,3-8,13H2,1-2H3. The zero-order chi connectivity index (χ0) is 13.5. The predicted molar refractivity (Wildman–Crippen MR) is 72.3 cm³/mol. The van der Waals surface area contributed by atoms with E-state index < -0.39 is 12.0 Å². The molecule has 5 nitrogen and oxygen atoms in total. The highest BCUT2D eigenvalue weighted by Crippen LogP contribution is 2.17. The molecule has 2 N–H and O–H groups in total. The Bertz CT molecular complexity index is 299. The Morgan fingerprint density at radius 1 is 1.50 bits per heavy atom. The van der Waals surface area contributed by atoms with Gasteiger partial charge in [-0.3, -0.25) is 9.59 Å². The molecule has 0 bridgehead atoms.